The van der Waals surface area contributed by atoms with E-state index in [0.717, 1.165) is 36.5 Å². The molecule has 0 aliphatic carbocycles. The van der Waals surface area contributed by atoms with Crippen LogP contribution >= 0.6 is 11.3 Å². The van der Waals surface area contributed by atoms with Crippen LogP contribution in [0.2, 0.25) is 0 Å². The summed E-state index contributed by atoms with van der Waals surface area (Å²) in [6.07, 6.45) is 5.42. The number of aromatic nitrogens is 5. The van der Waals surface area contributed by atoms with Gasteiger partial charge in [0.1, 0.15) is 11.3 Å². The van der Waals surface area contributed by atoms with Crippen molar-refractivity contribution in [2.45, 2.75) is 38.6 Å². The number of carbonyl (C=O) groups is 1. The van der Waals surface area contributed by atoms with Gasteiger partial charge in [-0.15, -0.1) is 20.4 Å². The molecular weight excluding hydrogens is 302 g/mol. The van der Waals surface area contributed by atoms with Crippen LogP contribution in [0, 0.1) is 0 Å². The van der Waals surface area contributed by atoms with E-state index in [1.54, 1.807) is 11.2 Å². The Morgan fingerprint density at radius 2 is 2.32 bits per heavy atom. The van der Waals surface area contributed by atoms with Crippen molar-refractivity contribution in [1.82, 2.24) is 29.9 Å². The Hall–Kier alpha value is -2.03. The highest BCUT2D eigenvalue weighted by Crippen LogP contribution is 2.31. The molecule has 22 heavy (non-hydrogen) atoms. The third kappa shape index (κ3) is 2.94. The van der Waals surface area contributed by atoms with Crippen molar-refractivity contribution >= 4 is 22.5 Å². The number of urea groups is 1. The van der Waals surface area contributed by atoms with Gasteiger partial charge in [0, 0.05) is 20.0 Å². The number of amides is 2. The van der Waals surface area contributed by atoms with Crippen molar-refractivity contribution in [2.24, 2.45) is 7.05 Å². The lowest BCUT2D eigenvalue weighted by Gasteiger charge is -2.23. The molecule has 2 aromatic heterocycles. The van der Waals surface area contributed by atoms with Crippen LogP contribution < -0.4 is 5.32 Å². The number of nitrogens with one attached hydrogen (secondary N) is 1. The van der Waals surface area contributed by atoms with E-state index in [1.165, 1.54) is 11.3 Å². The molecule has 0 spiro atoms. The Labute approximate surface area is 132 Å². The molecule has 1 saturated heterocycles. The van der Waals surface area contributed by atoms with E-state index < -0.39 is 0 Å². The van der Waals surface area contributed by atoms with Crippen molar-refractivity contribution in [3.05, 3.63) is 17.2 Å². The predicted octanol–water partition coefficient (Wildman–Crippen LogP) is 1.99. The Morgan fingerprint density at radius 1 is 1.45 bits per heavy atom. The lowest BCUT2D eigenvalue weighted by molar-refractivity contribution is 0.204. The highest BCUT2D eigenvalue weighted by atomic mass is 32.1. The molecule has 0 radical (unpaired) electrons. The summed E-state index contributed by atoms with van der Waals surface area (Å²) in [7, 11) is 1.89. The maximum absolute atomic E-state index is 12.5. The number of likely N-dealkylation sites (tertiary alicyclic amines) is 1. The van der Waals surface area contributed by atoms with Crippen LogP contribution in [0.25, 0.3) is 0 Å². The summed E-state index contributed by atoms with van der Waals surface area (Å²) >= 11 is 1.43. The summed E-state index contributed by atoms with van der Waals surface area (Å²) in [5.74, 6) is 0.816. The molecule has 0 bridgehead atoms. The maximum Gasteiger partial charge on any atom is 0.324 e. The first-order chi connectivity index (χ1) is 10.7. The fraction of sp³-hybridized carbons (Fsp3) is 0.615. The van der Waals surface area contributed by atoms with Crippen LogP contribution in [-0.2, 0) is 13.5 Å². The number of nitrogens with zero attached hydrogens (tertiary/aromatic N) is 6. The average Bonchev–Trinajstić information content (AvgIpc) is 3.19. The SMILES string of the molecule is CCCc1nnc(NC(=O)N2CCC[C@@H]2c2nncn2C)s1. The van der Waals surface area contributed by atoms with Crippen LogP contribution in [-0.4, -0.2) is 42.4 Å². The number of hydrogen-bond donors (Lipinski definition) is 1. The summed E-state index contributed by atoms with van der Waals surface area (Å²) in [6.45, 7) is 2.80. The first kappa shape index (κ1) is 14.9. The van der Waals surface area contributed by atoms with Gasteiger partial charge in [0.25, 0.3) is 0 Å². The van der Waals surface area contributed by atoms with E-state index in [-0.39, 0.29) is 12.1 Å². The fourth-order valence-electron chi connectivity index (χ4n) is 2.65. The Bertz CT molecular complexity index is 652. The molecule has 1 N–H and O–H groups in total. The standard InChI is InChI=1S/C13H19N7OS/c1-3-5-10-16-18-12(22-10)15-13(21)20-7-4-6-9(20)11-17-14-8-19(11)2/h8-9H,3-7H2,1-2H3,(H,15,18,21)/t9-/m1/s1. The van der Waals surface area contributed by atoms with Gasteiger partial charge in [0.05, 0.1) is 6.04 Å². The Kier molecular flexibility index (Phi) is 4.32. The average molecular weight is 321 g/mol. The third-order valence-corrected chi connectivity index (χ3v) is 4.60. The number of hydrogen-bond acceptors (Lipinski definition) is 6. The van der Waals surface area contributed by atoms with Crippen LogP contribution in [0.5, 0.6) is 0 Å². The third-order valence-electron chi connectivity index (χ3n) is 3.70. The van der Waals surface area contributed by atoms with Gasteiger partial charge in [-0.1, -0.05) is 18.3 Å². The molecular formula is C13H19N7OS. The van der Waals surface area contributed by atoms with Crippen LogP contribution in [0.3, 0.4) is 0 Å². The largest absolute Gasteiger partial charge is 0.324 e. The van der Waals surface area contributed by atoms with E-state index in [1.807, 2.05) is 11.6 Å². The zero-order valence-corrected chi connectivity index (χ0v) is 13.5. The monoisotopic (exact) mass is 321 g/mol. The summed E-state index contributed by atoms with van der Waals surface area (Å²) in [6, 6.07) is -0.180. The normalized spacial score (nSPS) is 17.9. The van der Waals surface area contributed by atoms with Gasteiger partial charge in [-0.3, -0.25) is 5.32 Å². The van der Waals surface area contributed by atoms with Crippen molar-refractivity contribution in [1.29, 1.82) is 0 Å². The molecule has 1 aliphatic heterocycles. The van der Waals surface area contributed by atoms with Crippen molar-refractivity contribution in [2.75, 3.05) is 11.9 Å². The highest BCUT2D eigenvalue weighted by molar-refractivity contribution is 7.15. The zero-order valence-electron chi connectivity index (χ0n) is 12.7. The molecule has 9 heteroatoms. The molecule has 0 saturated carbocycles. The summed E-state index contributed by atoms with van der Waals surface area (Å²) in [5, 5.41) is 20.5. The molecule has 1 aliphatic rings. The molecule has 2 aromatic rings. The van der Waals surface area contributed by atoms with Gasteiger partial charge in [0.2, 0.25) is 5.13 Å². The Balaban J connectivity index is 1.69. The lowest BCUT2D eigenvalue weighted by atomic mass is 10.2. The summed E-state index contributed by atoms with van der Waals surface area (Å²) < 4.78 is 1.86. The minimum Gasteiger partial charge on any atom is -0.319 e. The molecule has 118 valence electrons. The molecule has 3 rings (SSSR count). The molecule has 0 unspecified atom stereocenters. The van der Waals surface area contributed by atoms with Crippen LogP contribution in [0.15, 0.2) is 6.33 Å². The van der Waals surface area contributed by atoms with Crippen molar-refractivity contribution in [3.8, 4) is 0 Å². The van der Waals surface area contributed by atoms with Crippen LogP contribution in [0.1, 0.15) is 43.1 Å². The maximum atomic E-state index is 12.5. The summed E-state index contributed by atoms with van der Waals surface area (Å²) in [4.78, 5) is 14.3. The van der Waals surface area contributed by atoms with E-state index in [4.69, 9.17) is 0 Å². The van der Waals surface area contributed by atoms with Gasteiger partial charge in [-0.25, -0.2) is 4.79 Å². The second-order valence-corrected chi connectivity index (χ2v) is 6.39. The molecule has 1 fully saturated rings. The molecule has 2 amide bonds. The smallest absolute Gasteiger partial charge is 0.319 e. The van der Waals surface area contributed by atoms with E-state index in [2.05, 4.69) is 32.6 Å². The highest BCUT2D eigenvalue weighted by Gasteiger charge is 2.33. The summed E-state index contributed by atoms with van der Waals surface area (Å²) in [5.41, 5.74) is 0. The fourth-order valence-corrected chi connectivity index (χ4v) is 3.49. The van der Waals surface area contributed by atoms with E-state index in [0.29, 0.717) is 11.7 Å². The van der Waals surface area contributed by atoms with Gasteiger partial charge >= 0.3 is 6.03 Å². The van der Waals surface area contributed by atoms with Crippen molar-refractivity contribution in [3.63, 3.8) is 0 Å². The first-order valence-corrected chi connectivity index (χ1v) is 8.24. The second-order valence-electron chi connectivity index (χ2n) is 5.33. The van der Waals surface area contributed by atoms with Gasteiger partial charge in [-0.2, -0.15) is 0 Å². The van der Waals surface area contributed by atoms with Crippen molar-refractivity contribution < 1.29 is 4.79 Å². The quantitative estimate of drug-likeness (QED) is 0.930. The lowest BCUT2D eigenvalue weighted by Crippen LogP contribution is -2.35. The topological polar surface area (TPSA) is 88.8 Å². The van der Waals surface area contributed by atoms with E-state index >= 15 is 0 Å². The van der Waals surface area contributed by atoms with Gasteiger partial charge in [0.15, 0.2) is 5.82 Å². The minimum absolute atomic E-state index is 0.0319. The number of anilines is 1. The van der Waals surface area contributed by atoms with Gasteiger partial charge in [-0.05, 0) is 19.3 Å². The van der Waals surface area contributed by atoms with E-state index in [9.17, 15) is 4.79 Å². The number of carbonyl (C=O) groups excluding carboxylic acids is 1. The predicted molar refractivity (Wildman–Crippen MR) is 82.6 cm³/mol. The van der Waals surface area contributed by atoms with Gasteiger partial charge < -0.3 is 9.47 Å². The number of rotatable bonds is 4. The second kappa shape index (κ2) is 6.39. The molecule has 3 heterocycles. The minimum atomic E-state index is -0.148. The molecule has 0 aromatic carbocycles. The number of aryl methyl sites for hydroxylation is 2. The molecule has 1 atom stereocenters. The zero-order chi connectivity index (χ0) is 15.5. The Morgan fingerprint density at radius 3 is 3.05 bits per heavy atom. The molecule has 8 nitrogen and oxygen atoms in total. The van der Waals surface area contributed by atoms with Crippen LogP contribution in [0.4, 0.5) is 9.93 Å². The first-order valence-electron chi connectivity index (χ1n) is 7.43.